The van der Waals surface area contributed by atoms with Crippen molar-refractivity contribution in [3.8, 4) is 0 Å². The van der Waals surface area contributed by atoms with Crippen LogP contribution in [0.2, 0.25) is 0 Å². The molecule has 0 unspecified atom stereocenters. The molecule has 2 aliphatic rings. The molecule has 4 heterocycles. The number of rotatable bonds is 8. The van der Waals surface area contributed by atoms with Gasteiger partial charge in [0.2, 0.25) is 11.0 Å². The number of hydrogen-bond donors (Lipinski definition) is 0. The molecule has 0 N–H and O–H groups in total. The fourth-order valence-corrected chi connectivity index (χ4v) is 8.36. The molecule has 0 radical (unpaired) electrons. The van der Waals surface area contributed by atoms with Gasteiger partial charge in [-0.05, 0) is 92.9 Å². The molecule has 0 saturated heterocycles. The van der Waals surface area contributed by atoms with E-state index in [2.05, 4.69) is 217 Å². The van der Waals surface area contributed by atoms with Gasteiger partial charge in [-0.3, -0.25) is 0 Å². The average Bonchev–Trinajstić information content (AvgIpc) is 3.58. The van der Waals surface area contributed by atoms with Crippen molar-refractivity contribution in [2.24, 2.45) is 0 Å². The second kappa shape index (κ2) is 16.8. The second-order valence-electron chi connectivity index (χ2n) is 12.9. The van der Waals surface area contributed by atoms with E-state index in [1.807, 2.05) is 11.8 Å². The number of benzene rings is 4. The highest BCUT2D eigenvalue weighted by Gasteiger charge is 2.22. The van der Waals surface area contributed by atoms with Crippen LogP contribution in [0, 0.1) is 0 Å². The van der Waals surface area contributed by atoms with Crippen LogP contribution in [0.5, 0.6) is 0 Å². The first-order chi connectivity index (χ1) is 26.1. The van der Waals surface area contributed by atoms with E-state index < -0.39 is 0 Å². The van der Waals surface area contributed by atoms with Crippen LogP contribution in [0.4, 0.5) is 11.4 Å². The van der Waals surface area contributed by atoms with E-state index >= 15 is 0 Å². The number of thioether (sulfide) groups is 1. The quantitative estimate of drug-likeness (QED) is 0.146. The summed E-state index contributed by atoms with van der Waals surface area (Å²) in [7, 11) is 0. The van der Waals surface area contributed by atoms with E-state index in [0.717, 1.165) is 26.2 Å². The zero-order valence-corrected chi connectivity index (χ0v) is 32.0. The molecule has 5 heteroatoms. The molecule has 0 amide bonds. The van der Waals surface area contributed by atoms with Crippen molar-refractivity contribution in [2.45, 2.75) is 45.7 Å². The van der Waals surface area contributed by atoms with E-state index in [9.17, 15) is 0 Å². The summed E-state index contributed by atoms with van der Waals surface area (Å²) in [5.41, 5.74) is 10.1. The molecule has 8 rings (SSSR count). The van der Waals surface area contributed by atoms with Gasteiger partial charge in [-0.25, -0.2) is 0 Å². The van der Waals surface area contributed by atoms with Gasteiger partial charge in [0.05, 0.1) is 21.5 Å². The third-order valence-corrected chi connectivity index (χ3v) is 11.0. The molecule has 0 bridgehead atoms. The molecule has 0 atom stereocenters. The molecular weight excluding hydrogens is 665 g/mol. The highest BCUT2D eigenvalue weighted by Crippen LogP contribution is 2.45. The Labute approximate surface area is 319 Å². The van der Waals surface area contributed by atoms with E-state index in [4.69, 9.17) is 0 Å². The first-order valence-corrected chi connectivity index (χ1v) is 19.6. The molecule has 264 valence electrons. The standard InChI is InChI=1S/C25H25N2.C23H23N2S/c1-3-26-19-18-20(23-13-6-8-15-25(23)26)11-9-12-22-17-16-21-10-5-7-14-24(21)27(22)4-2;1-3-24-17-16-18(19-11-5-6-12-20(19)24)10-9-15-23-25(4-2)21-13-7-8-14-22(21)26-23/h5-19H,3-4H2,1-2H3;5-17H,3-4H2,1-2H3/q2*+1. The summed E-state index contributed by atoms with van der Waals surface area (Å²) in [4.78, 5) is 6.06. The van der Waals surface area contributed by atoms with Gasteiger partial charge in [-0.15, -0.1) is 0 Å². The number of fused-ring (bicyclic) bond motifs is 4. The zero-order valence-electron chi connectivity index (χ0n) is 31.2. The zero-order chi connectivity index (χ0) is 36.6. The van der Waals surface area contributed by atoms with Crippen molar-refractivity contribution < 1.29 is 9.13 Å². The van der Waals surface area contributed by atoms with Crippen molar-refractivity contribution in [3.63, 3.8) is 0 Å². The molecule has 53 heavy (non-hydrogen) atoms. The summed E-state index contributed by atoms with van der Waals surface area (Å²) in [6, 6.07) is 38.8. The lowest BCUT2D eigenvalue weighted by atomic mass is 10.1. The molecule has 6 aromatic rings. The number of para-hydroxylation sites is 4. The summed E-state index contributed by atoms with van der Waals surface area (Å²) >= 11 is 1.85. The minimum atomic E-state index is 0.950. The minimum absolute atomic E-state index is 0.950. The number of anilines is 2. The van der Waals surface area contributed by atoms with Crippen molar-refractivity contribution in [2.75, 3.05) is 22.9 Å². The maximum Gasteiger partial charge on any atom is 0.213 e. The smallest absolute Gasteiger partial charge is 0.213 e. The topological polar surface area (TPSA) is 14.2 Å². The van der Waals surface area contributed by atoms with Gasteiger partial charge in [-0.1, -0.05) is 96.7 Å². The van der Waals surface area contributed by atoms with Gasteiger partial charge in [0.15, 0.2) is 12.4 Å². The Bertz CT molecular complexity index is 2400. The lowest BCUT2D eigenvalue weighted by Crippen LogP contribution is -2.32. The van der Waals surface area contributed by atoms with Crippen molar-refractivity contribution in [3.05, 3.63) is 179 Å². The number of allylic oxidation sites excluding steroid dienone is 5. The van der Waals surface area contributed by atoms with Crippen LogP contribution < -0.4 is 18.9 Å². The largest absolute Gasteiger partial charge is 0.341 e. The van der Waals surface area contributed by atoms with E-state index in [0.29, 0.717) is 0 Å². The summed E-state index contributed by atoms with van der Waals surface area (Å²) in [6.07, 6.45) is 21.9. The summed E-state index contributed by atoms with van der Waals surface area (Å²) in [6.45, 7) is 12.6. The Morgan fingerprint density at radius 2 is 1.09 bits per heavy atom. The molecule has 0 saturated carbocycles. The van der Waals surface area contributed by atoms with Crippen LogP contribution in [0.3, 0.4) is 0 Å². The van der Waals surface area contributed by atoms with E-state index in [1.54, 1.807) is 0 Å². The fourth-order valence-electron chi connectivity index (χ4n) is 7.22. The SMILES string of the molecule is CCN1C(=CC=Cc2cc[n+](CC)c3ccccc23)C=Cc2ccccc21.CCN1C(=CC=Cc2cc[n+](CC)c3ccccc23)Sc2ccccc21. The van der Waals surface area contributed by atoms with Gasteiger partial charge >= 0.3 is 0 Å². The normalized spacial score (nSPS) is 15.2. The van der Waals surface area contributed by atoms with Gasteiger partial charge in [-0.2, -0.15) is 9.13 Å². The number of pyridine rings is 2. The Morgan fingerprint density at radius 1 is 0.547 bits per heavy atom. The Morgan fingerprint density at radius 3 is 1.72 bits per heavy atom. The minimum Gasteiger partial charge on any atom is -0.341 e. The molecular formula is C48H48N4S+2. The van der Waals surface area contributed by atoms with Gasteiger partial charge in [0, 0.05) is 53.6 Å². The van der Waals surface area contributed by atoms with Crippen LogP contribution in [0.25, 0.3) is 40.0 Å². The van der Waals surface area contributed by atoms with Gasteiger partial charge < -0.3 is 9.80 Å². The van der Waals surface area contributed by atoms with Crippen LogP contribution in [-0.4, -0.2) is 13.1 Å². The van der Waals surface area contributed by atoms with Crippen LogP contribution >= 0.6 is 11.8 Å². The second-order valence-corrected chi connectivity index (χ2v) is 14.0. The van der Waals surface area contributed by atoms with Gasteiger partial charge in [0.25, 0.3) is 0 Å². The Hall–Kier alpha value is -5.65. The maximum atomic E-state index is 2.37. The molecule has 0 aliphatic carbocycles. The summed E-state index contributed by atoms with van der Waals surface area (Å²) < 4.78 is 4.57. The van der Waals surface area contributed by atoms with Crippen molar-refractivity contribution >= 4 is 63.2 Å². The third-order valence-electron chi connectivity index (χ3n) is 9.90. The van der Waals surface area contributed by atoms with Crippen molar-refractivity contribution in [1.82, 2.24) is 0 Å². The number of aryl methyl sites for hydroxylation is 2. The maximum absolute atomic E-state index is 2.37. The Kier molecular flexibility index (Phi) is 11.3. The summed E-state index contributed by atoms with van der Waals surface area (Å²) in [5.74, 6) is 0. The molecule has 0 spiro atoms. The lowest BCUT2D eigenvalue weighted by molar-refractivity contribution is -0.668. The highest BCUT2D eigenvalue weighted by molar-refractivity contribution is 8.03. The summed E-state index contributed by atoms with van der Waals surface area (Å²) in [5, 5.41) is 3.86. The number of hydrogen-bond acceptors (Lipinski definition) is 3. The predicted octanol–water partition coefficient (Wildman–Crippen LogP) is 11.2. The predicted molar refractivity (Wildman–Crippen MR) is 228 cm³/mol. The molecule has 2 aliphatic heterocycles. The molecule has 2 aromatic heterocycles. The first kappa shape index (κ1) is 35.7. The van der Waals surface area contributed by atoms with E-state index in [1.165, 1.54) is 65.5 Å². The van der Waals surface area contributed by atoms with Crippen LogP contribution in [-0.2, 0) is 13.1 Å². The third kappa shape index (κ3) is 7.62. The number of nitrogens with zero attached hydrogens (tertiary/aromatic N) is 4. The Balaban J connectivity index is 0.000000164. The molecule has 0 fully saturated rings. The van der Waals surface area contributed by atoms with Crippen LogP contribution in [0.15, 0.2) is 168 Å². The van der Waals surface area contributed by atoms with E-state index in [-0.39, 0.29) is 0 Å². The monoisotopic (exact) mass is 712 g/mol. The lowest BCUT2D eigenvalue weighted by Gasteiger charge is -2.29. The molecule has 4 nitrogen and oxygen atoms in total. The van der Waals surface area contributed by atoms with Crippen LogP contribution in [0.1, 0.15) is 44.4 Å². The molecule has 4 aromatic carbocycles. The first-order valence-electron chi connectivity index (χ1n) is 18.8. The fraction of sp³-hybridized carbons (Fsp3) is 0.167. The van der Waals surface area contributed by atoms with Gasteiger partial charge in [0.1, 0.15) is 13.1 Å². The highest BCUT2D eigenvalue weighted by atomic mass is 32.2. The average molecular weight is 713 g/mol. The van der Waals surface area contributed by atoms with Crippen molar-refractivity contribution in [1.29, 1.82) is 0 Å². The number of aromatic nitrogens is 2. The number of likely N-dealkylation sites (N-methyl/N-ethyl adjacent to an activating group) is 1.